The Labute approximate surface area is 319 Å². The maximum Gasteiger partial charge on any atom is 0.266 e. The highest BCUT2D eigenvalue weighted by Crippen LogP contribution is 2.48. The van der Waals surface area contributed by atoms with E-state index in [4.69, 9.17) is 9.47 Å². The Morgan fingerprint density at radius 2 is 1.65 bits per heavy atom. The number of carbonyl (C=O) groups is 3. The van der Waals surface area contributed by atoms with E-state index < -0.39 is 17.4 Å². The van der Waals surface area contributed by atoms with Gasteiger partial charge in [0.05, 0.1) is 43.2 Å². The van der Waals surface area contributed by atoms with Gasteiger partial charge in [-0.25, -0.2) is 0 Å². The summed E-state index contributed by atoms with van der Waals surface area (Å²) in [6, 6.07) is 34.7. The molecule has 0 bridgehead atoms. The Morgan fingerprint density at radius 3 is 2.45 bits per heavy atom. The Bertz CT molecular complexity index is 2340. The summed E-state index contributed by atoms with van der Waals surface area (Å²) in [5.41, 5.74) is 3.49. The number of rotatable bonds is 9. The molecule has 0 saturated heterocycles. The lowest BCUT2D eigenvalue weighted by Crippen LogP contribution is -2.46. The van der Waals surface area contributed by atoms with Crippen molar-refractivity contribution < 1.29 is 34.1 Å². The van der Waals surface area contributed by atoms with E-state index in [1.54, 1.807) is 70.2 Å². The van der Waals surface area contributed by atoms with Crippen molar-refractivity contribution in [2.24, 2.45) is 5.92 Å². The standard InChI is InChI=1S/C45H41N3O7/c1-29(11-9-20-42(50)46-27-32-14-4-3-13-31(32)24-34(46)28-49)45(53)37-25-35(54-2)21-22-38(37)47(44(45)52)26-30-12-10-15-33(23-30)48-39-17-6-8-19-41(39)55-40-18-7-5-16-36(40)43(48)51/h3-19,21-23,25,29,34,49,53H,20,24,26-28H2,1-2H3/b11-9+/t29-,34+,45+/m1/s1. The molecule has 3 aliphatic heterocycles. The number of fused-ring (bicyclic) bond motifs is 4. The van der Waals surface area contributed by atoms with Crippen molar-refractivity contribution in [2.45, 2.75) is 44.5 Å². The van der Waals surface area contributed by atoms with E-state index in [-0.39, 0.29) is 37.4 Å². The first-order chi connectivity index (χ1) is 26.7. The number of para-hydroxylation sites is 3. The first-order valence-corrected chi connectivity index (χ1v) is 18.4. The lowest BCUT2D eigenvalue weighted by molar-refractivity contribution is -0.139. The Kier molecular flexibility index (Phi) is 9.46. The van der Waals surface area contributed by atoms with Crippen LogP contribution in [0.25, 0.3) is 0 Å². The van der Waals surface area contributed by atoms with Crippen LogP contribution in [0.3, 0.4) is 0 Å². The normalized spacial score (nSPS) is 19.3. The second-order valence-corrected chi connectivity index (χ2v) is 14.2. The molecule has 0 saturated carbocycles. The number of benzene rings is 5. The number of methoxy groups -OCH3 is 1. The van der Waals surface area contributed by atoms with Crippen LogP contribution in [0.4, 0.5) is 17.1 Å². The van der Waals surface area contributed by atoms with Gasteiger partial charge in [-0.2, -0.15) is 0 Å². The smallest absolute Gasteiger partial charge is 0.266 e. The Hall–Kier alpha value is -6.23. The van der Waals surface area contributed by atoms with E-state index in [0.717, 1.165) is 16.7 Å². The summed E-state index contributed by atoms with van der Waals surface area (Å²) >= 11 is 0. The predicted octanol–water partition coefficient (Wildman–Crippen LogP) is 7.04. The van der Waals surface area contributed by atoms with Crippen LogP contribution in [0.5, 0.6) is 17.2 Å². The third-order valence-corrected chi connectivity index (χ3v) is 10.9. The highest BCUT2D eigenvalue weighted by molar-refractivity contribution is 6.14. The SMILES string of the molecule is COc1ccc2c(c1)[C@@](O)([C@H](C)/C=C/CC(=O)N1Cc3ccccc3C[C@H]1CO)C(=O)N2Cc1cccc(N2C(=O)c3ccccc3Oc3ccccc32)c1. The topological polar surface area (TPSA) is 120 Å². The maximum absolute atomic E-state index is 14.5. The zero-order chi connectivity index (χ0) is 38.3. The van der Waals surface area contributed by atoms with Crippen molar-refractivity contribution in [3.05, 3.63) is 155 Å². The average molecular weight is 736 g/mol. The molecule has 278 valence electrons. The van der Waals surface area contributed by atoms with Crippen LogP contribution in [-0.4, -0.2) is 52.6 Å². The molecule has 3 amide bonds. The lowest BCUT2D eigenvalue weighted by atomic mass is 9.82. The molecule has 55 heavy (non-hydrogen) atoms. The summed E-state index contributed by atoms with van der Waals surface area (Å²) in [5, 5.41) is 22.5. The van der Waals surface area contributed by atoms with Crippen molar-refractivity contribution in [1.82, 2.24) is 4.90 Å². The number of ether oxygens (including phenoxy) is 2. The van der Waals surface area contributed by atoms with Crippen LogP contribution in [0.2, 0.25) is 0 Å². The fourth-order valence-corrected chi connectivity index (χ4v) is 7.92. The zero-order valence-electron chi connectivity index (χ0n) is 30.6. The summed E-state index contributed by atoms with van der Waals surface area (Å²) in [6.07, 6.45) is 4.02. The van der Waals surface area contributed by atoms with Gasteiger partial charge in [-0.05, 0) is 77.7 Å². The van der Waals surface area contributed by atoms with Gasteiger partial charge in [-0.15, -0.1) is 0 Å². The Balaban J connectivity index is 1.06. The molecule has 8 rings (SSSR count). The van der Waals surface area contributed by atoms with E-state index in [1.165, 1.54) is 7.11 Å². The number of carbonyl (C=O) groups excluding carboxylic acids is 3. The van der Waals surface area contributed by atoms with Crippen molar-refractivity contribution in [1.29, 1.82) is 0 Å². The van der Waals surface area contributed by atoms with Crippen LogP contribution in [0.15, 0.2) is 127 Å². The summed E-state index contributed by atoms with van der Waals surface area (Å²) in [7, 11) is 1.53. The molecule has 0 aliphatic carbocycles. The number of aliphatic hydroxyl groups excluding tert-OH is 1. The fraction of sp³-hybridized carbons (Fsp3) is 0.222. The third-order valence-electron chi connectivity index (χ3n) is 10.9. The number of nitrogens with zero attached hydrogens (tertiary/aromatic N) is 3. The molecule has 3 aliphatic rings. The minimum Gasteiger partial charge on any atom is -0.497 e. The van der Waals surface area contributed by atoms with Gasteiger partial charge in [-0.3, -0.25) is 19.3 Å². The van der Waals surface area contributed by atoms with E-state index in [2.05, 4.69) is 0 Å². The van der Waals surface area contributed by atoms with E-state index in [9.17, 15) is 24.6 Å². The van der Waals surface area contributed by atoms with E-state index in [1.807, 2.05) is 78.9 Å². The molecular formula is C45H41N3O7. The largest absolute Gasteiger partial charge is 0.497 e. The van der Waals surface area contributed by atoms with Crippen molar-refractivity contribution >= 4 is 34.8 Å². The number of anilines is 3. The molecule has 0 aromatic heterocycles. The fourth-order valence-electron chi connectivity index (χ4n) is 7.92. The lowest BCUT2D eigenvalue weighted by Gasteiger charge is -2.36. The van der Waals surface area contributed by atoms with Gasteiger partial charge in [-0.1, -0.05) is 79.7 Å². The number of amides is 3. The molecule has 5 aromatic rings. The van der Waals surface area contributed by atoms with Gasteiger partial charge in [0, 0.05) is 30.1 Å². The van der Waals surface area contributed by atoms with Crippen LogP contribution in [-0.2, 0) is 34.7 Å². The van der Waals surface area contributed by atoms with Crippen LogP contribution in [0, 0.1) is 5.92 Å². The minimum absolute atomic E-state index is 0.0443. The third kappa shape index (κ3) is 6.33. The monoisotopic (exact) mass is 735 g/mol. The van der Waals surface area contributed by atoms with Crippen molar-refractivity contribution in [2.75, 3.05) is 23.5 Å². The first kappa shape index (κ1) is 35.8. The summed E-state index contributed by atoms with van der Waals surface area (Å²) in [6.45, 7) is 2.13. The minimum atomic E-state index is -1.96. The molecule has 3 heterocycles. The highest BCUT2D eigenvalue weighted by atomic mass is 16.5. The second-order valence-electron chi connectivity index (χ2n) is 14.2. The van der Waals surface area contributed by atoms with Gasteiger partial charge in [0.25, 0.3) is 11.8 Å². The van der Waals surface area contributed by atoms with Crippen LogP contribution in [0.1, 0.15) is 46.0 Å². The molecular weight excluding hydrogens is 695 g/mol. The summed E-state index contributed by atoms with van der Waals surface area (Å²) < 4.78 is 11.7. The van der Waals surface area contributed by atoms with Crippen LogP contribution < -0.4 is 19.3 Å². The molecule has 3 atom stereocenters. The molecule has 0 spiro atoms. The van der Waals surface area contributed by atoms with E-state index in [0.29, 0.717) is 58.4 Å². The summed E-state index contributed by atoms with van der Waals surface area (Å²) in [4.78, 5) is 46.9. The van der Waals surface area contributed by atoms with Gasteiger partial charge in [0.2, 0.25) is 5.91 Å². The van der Waals surface area contributed by atoms with Gasteiger partial charge in [0.1, 0.15) is 11.5 Å². The number of aliphatic hydroxyl groups is 2. The Morgan fingerprint density at radius 1 is 0.909 bits per heavy atom. The predicted molar refractivity (Wildman–Crippen MR) is 208 cm³/mol. The first-order valence-electron chi connectivity index (χ1n) is 18.4. The van der Waals surface area contributed by atoms with E-state index >= 15 is 0 Å². The molecule has 2 N–H and O–H groups in total. The molecule has 10 heteroatoms. The van der Waals surface area contributed by atoms with Gasteiger partial charge in [0.15, 0.2) is 11.4 Å². The molecule has 0 fully saturated rings. The van der Waals surface area contributed by atoms with Crippen molar-refractivity contribution in [3.8, 4) is 17.2 Å². The quantitative estimate of drug-likeness (QED) is 0.156. The van der Waals surface area contributed by atoms with Gasteiger partial charge >= 0.3 is 0 Å². The highest BCUT2D eigenvalue weighted by Gasteiger charge is 2.52. The number of hydrogen-bond acceptors (Lipinski definition) is 7. The zero-order valence-corrected chi connectivity index (χ0v) is 30.6. The molecule has 10 nitrogen and oxygen atoms in total. The molecule has 0 unspecified atom stereocenters. The molecule has 5 aromatic carbocycles. The second kappa shape index (κ2) is 14.5. The number of hydrogen-bond donors (Lipinski definition) is 2. The maximum atomic E-state index is 14.5. The van der Waals surface area contributed by atoms with Crippen LogP contribution >= 0.6 is 0 Å². The van der Waals surface area contributed by atoms with Gasteiger partial charge < -0.3 is 29.5 Å². The summed E-state index contributed by atoms with van der Waals surface area (Å²) in [5.74, 6) is -0.155. The van der Waals surface area contributed by atoms with Crippen molar-refractivity contribution in [3.63, 3.8) is 0 Å². The molecule has 0 radical (unpaired) electrons. The average Bonchev–Trinajstić information content (AvgIpc) is 3.33.